The van der Waals surface area contributed by atoms with Crippen LogP contribution < -0.4 is 4.74 Å². The molecule has 4 aromatic carbocycles. The second-order valence-corrected chi connectivity index (χ2v) is 6.68. The summed E-state index contributed by atoms with van der Waals surface area (Å²) in [6.07, 6.45) is 0. The number of hydrogen-bond donors (Lipinski definition) is 0. The second-order valence-electron chi connectivity index (χ2n) is 5.55. The average molecular weight is 410 g/mol. The molecule has 0 spiro atoms. The van der Waals surface area contributed by atoms with Crippen molar-refractivity contribution in [1.82, 2.24) is 0 Å². The van der Waals surface area contributed by atoms with Crippen LogP contribution >= 0.6 is 22.6 Å². The van der Waals surface area contributed by atoms with Crippen LogP contribution in [0.2, 0.25) is 0 Å². The van der Waals surface area contributed by atoms with Gasteiger partial charge in [-0.05, 0) is 62.3 Å². The van der Waals surface area contributed by atoms with Crippen LogP contribution in [0.4, 0.5) is 0 Å². The van der Waals surface area contributed by atoms with Crippen molar-refractivity contribution in [1.29, 1.82) is 0 Å². The first kappa shape index (κ1) is 14.5. The van der Waals surface area contributed by atoms with E-state index in [0.717, 1.165) is 5.75 Å². The highest BCUT2D eigenvalue weighted by Gasteiger charge is 2.10. The van der Waals surface area contributed by atoms with E-state index < -0.39 is 0 Å². The number of alkyl halides is 1. The second kappa shape index (κ2) is 6.20. The monoisotopic (exact) mass is 410 g/mol. The lowest BCUT2D eigenvalue weighted by molar-refractivity contribution is 0.311. The molecule has 1 unspecified atom stereocenters. The van der Waals surface area contributed by atoms with Gasteiger partial charge in [0.1, 0.15) is 5.75 Å². The van der Waals surface area contributed by atoms with E-state index in [1.165, 1.54) is 27.1 Å². The Hall–Kier alpha value is -2.07. The van der Waals surface area contributed by atoms with Crippen LogP contribution in [0.5, 0.6) is 5.75 Å². The van der Waals surface area contributed by atoms with Gasteiger partial charge < -0.3 is 4.74 Å². The molecule has 0 aromatic heterocycles. The summed E-state index contributed by atoms with van der Waals surface area (Å²) >= 11 is 2.35. The molecule has 0 saturated carbocycles. The Morgan fingerprint density at radius 2 is 1.17 bits per heavy atom. The highest BCUT2D eigenvalue weighted by Crippen LogP contribution is 2.31. The van der Waals surface area contributed by atoms with Crippen LogP contribution in [0.1, 0.15) is 9.67 Å². The number of fused-ring (bicyclic) bond motifs is 2. The van der Waals surface area contributed by atoms with Gasteiger partial charge in [-0.1, -0.05) is 66.7 Å². The van der Waals surface area contributed by atoms with Crippen molar-refractivity contribution in [2.75, 3.05) is 0 Å². The normalized spacial score (nSPS) is 12.4. The summed E-state index contributed by atoms with van der Waals surface area (Å²) in [5.41, 5.74) is 1.18. The first-order chi connectivity index (χ1) is 11.3. The largest absolute Gasteiger partial charge is 0.475 e. The van der Waals surface area contributed by atoms with Crippen molar-refractivity contribution in [3.05, 3.63) is 90.5 Å². The van der Waals surface area contributed by atoms with E-state index in [-0.39, 0.29) is 4.11 Å². The maximum absolute atomic E-state index is 6.14. The Morgan fingerprint density at radius 1 is 0.609 bits per heavy atom. The minimum Gasteiger partial charge on any atom is -0.475 e. The summed E-state index contributed by atoms with van der Waals surface area (Å²) in [5, 5.41) is 4.93. The maximum Gasteiger partial charge on any atom is 0.174 e. The lowest BCUT2D eigenvalue weighted by Gasteiger charge is -2.15. The maximum atomic E-state index is 6.14. The Labute approximate surface area is 149 Å². The van der Waals surface area contributed by atoms with Crippen LogP contribution in [-0.4, -0.2) is 0 Å². The highest BCUT2D eigenvalue weighted by molar-refractivity contribution is 14.1. The third kappa shape index (κ3) is 3.04. The van der Waals surface area contributed by atoms with Gasteiger partial charge in [0.25, 0.3) is 0 Å². The molecule has 0 aliphatic rings. The Bertz CT molecular complexity index is 977. The zero-order chi connectivity index (χ0) is 15.6. The molecule has 0 saturated heterocycles. The molecule has 4 aromatic rings. The van der Waals surface area contributed by atoms with Crippen LogP contribution in [0.15, 0.2) is 84.9 Å². The van der Waals surface area contributed by atoms with E-state index in [0.29, 0.717) is 0 Å². The van der Waals surface area contributed by atoms with Crippen molar-refractivity contribution < 1.29 is 4.74 Å². The minimum absolute atomic E-state index is 0.0154. The lowest BCUT2D eigenvalue weighted by atomic mass is 10.1. The first-order valence-electron chi connectivity index (χ1n) is 7.58. The van der Waals surface area contributed by atoms with E-state index >= 15 is 0 Å². The third-order valence-electron chi connectivity index (χ3n) is 4.00. The van der Waals surface area contributed by atoms with Crippen LogP contribution in [0, 0.1) is 0 Å². The zero-order valence-electron chi connectivity index (χ0n) is 12.4. The zero-order valence-corrected chi connectivity index (χ0v) is 14.6. The molecule has 23 heavy (non-hydrogen) atoms. The molecule has 0 amide bonds. The van der Waals surface area contributed by atoms with E-state index in [9.17, 15) is 0 Å². The summed E-state index contributed by atoms with van der Waals surface area (Å²) < 4.78 is 6.13. The van der Waals surface area contributed by atoms with Crippen LogP contribution in [-0.2, 0) is 0 Å². The van der Waals surface area contributed by atoms with E-state index in [1.807, 2.05) is 6.07 Å². The number of benzene rings is 4. The molecule has 0 aliphatic carbocycles. The standard InChI is InChI=1S/C21H15IO/c22-21(19-10-9-15-5-1-3-7-17(15)13-19)23-20-12-11-16-6-2-4-8-18(16)14-20/h1-14,21H. The summed E-state index contributed by atoms with van der Waals surface area (Å²) in [7, 11) is 0. The van der Waals surface area contributed by atoms with Crippen LogP contribution in [0.3, 0.4) is 0 Å². The Morgan fingerprint density at radius 3 is 1.87 bits per heavy atom. The molecule has 4 rings (SSSR count). The topological polar surface area (TPSA) is 9.23 Å². The molecule has 0 radical (unpaired) electrons. The molecular formula is C21H15IO. The lowest BCUT2D eigenvalue weighted by Crippen LogP contribution is -1.99. The molecule has 0 N–H and O–H groups in total. The number of halogens is 1. The Kier molecular flexibility index (Phi) is 3.92. The summed E-state index contributed by atoms with van der Waals surface area (Å²) in [6.45, 7) is 0. The smallest absolute Gasteiger partial charge is 0.174 e. The first-order valence-corrected chi connectivity index (χ1v) is 8.82. The van der Waals surface area contributed by atoms with Gasteiger partial charge >= 0.3 is 0 Å². The van der Waals surface area contributed by atoms with E-state index in [4.69, 9.17) is 4.74 Å². The molecule has 1 nitrogen and oxygen atoms in total. The van der Waals surface area contributed by atoms with Gasteiger partial charge in [0.15, 0.2) is 4.11 Å². The molecule has 0 bridgehead atoms. The van der Waals surface area contributed by atoms with Gasteiger partial charge in [-0.3, -0.25) is 0 Å². The Balaban J connectivity index is 1.63. The van der Waals surface area contributed by atoms with Gasteiger partial charge in [0, 0.05) is 5.56 Å². The third-order valence-corrected chi connectivity index (χ3v) is 4.97. The van der Waals surface area contributed by atoms with Crippen molar-refractivity contribution in [3.63, 3.8) is 0 Å². The summed E-state index contributed by atoms with van der Waals surface area (Å²) in [6, 6.07) is 29.5. The molecular weight excluding hydrogens is 395 g/mol. The molecule has 1 atom stereocenters. The van der Waals surface area contributed by atoms with Gasteiger partial charge in [0.05, 0.1) is 0 Å². The number of rotatable bonds is 3. The molecule has 0 heterocycles. The fraction of sp³-hybridized carbons (Fsp3) is 0.0476. The predicted octanol–water partition coefficient (Wildman–Crippen LogP) is 6.51. The summed E-state index contributed by atoms with van der Waals surface area (Å²) in [4.78, 5) is 0. The molecule has 2 heteroatoms. The van der Waals surface area contributed by atoms with Gasteiger partial charge in [-0.25, -0.2) is 0 Å². The fourth-order valence-corrected chi connectivity index (χ4v) is 3.46. The minimum atomic E-state index is -0.0154. The summed E-state index contributed by atoms with van der Waals surface area (Å²) in [5.74, 6) is 0.899. The van der Waals surface area contributed by atoms with E-state index in [1.54, 1.807) is 0 Å². The SMILES string of the molecule is IC(Oc1ccc2ccccc2c1)c1ccc2ccccc2c1. The van der Waals surface area contributed by atoms with Gasteiger partial charge in [-0.2, -0.15) is 0 Å². The van der Waals surface area contributed by atoms with Gasteiger partial charge in [0.2, 0.25) is 0 Å². The van der Waals surface area contributed by atoms with E-state index in [2.05, 4.69) is 101 Å². The number of hydrogen-bond acceptors (Lipinski definition) is 1. The fourth-order valence-electron chi connectivity index (χ4n) is 2.78. The van der Waals surface area contributed by atoms with Crippen molar-refractivity contribution in [3.8, 4) is 5.75 Å². The van der Waals surface area contributed by atoms with Gasteiger partial charge in [-0.15, -0.1) is 0 Å². The van der Waals surface area contributed by atoms with Crippen LogP contribution in [0.25, 0.3) is 21.5 Å². The van der Waals surface area contributed by atoms with Crippen molar-refractivity contribution in [2.45, 2.75) is 4.11 Å². The molecule has 112 valence electrons. The predicted molar refractivity (Wildman–Crippen MR) is 105 cm³/mol. The van der Waals surface area contributed by atoms with Crippen molar-refractivity contribution >= 4 is 44.1 Å². The molecule has 0 aliphatic heterocycles. The molecule has 0 fully saturated rings. The quantitative estimate of drug-likeness (QED) is 0.277. The number of ether oxygens (including phenoxy) is 1. The average Bonchev–Trinajstić information content (AvgIpc) is 2.61. The van der Waals surface area contributed by atoms with Crippen molar-refractivity contribution in [2.24, 2.45) is 0 Å². The highest BCUT2D eigenvalue weighted by atomic mass is 127.